The zero-order chi connectivity index (χ0) is 26.3. The van der Waals surface area contributed by atoms with Crippen LogP contribution in [0.25, 0.3) is 22.3 Å². The van der Waals surface area contributed by atoms with E-state index >= 15 is 0 Å². The smallest absolute Gasteiger partial charge is 0.135 e. The Bertz CT molecular complexity index is 1270. The van der Waals surface area contributed by atoms with E-state index in [0.717, 1.165) is 47.6 Å². The molecule has 0 aliphatic heterocycles. The molecule has 0 heterocycles. The molecular formula is C35H40O2. The van der Waals surface area contributed by atoms with Gasteiger partial charge in [0.25, 0.3) is 0 Å². The fraction of sp³-hybridized carbons (Fsp3) is 0.314. The first kappa shape index (κ1) is 26.5. The summed E-state index contributed by atoms with van der Waals surface area (Å²) in [5, 5.41) is 0. The highest BCUT2D eigenvalue weighted by molar-refractivity contribution is 5.76. The lowest BCUT2D eigenvalue weighted by Crippen LogP contribution is -2.31. The van der Waals surface area contributed by atoms with Gasteiger partial charge < -0.3 is 9.47 Å². The maximum absolute atomic E-state index is 6.68. The minimum Gasteiger partial charge on any atom is -0.487 e. The fourth-order valence-electron chi connectivity index (χ4n) is 4.58. The van der Waals surface area contributed by atoms with Crippen molar-refractivity contribution in [3.8, 4) is 39.5 Å². The molecule has 4 aromatic carbocycles. The Morgan fingerprint density at radius 3 is 1.78 bits per heavy atom. The quantitative estimate of drug-likeness (QED) is 0.207. The molecule has 0 bridgehead atoms. The summed E-state index contributed by atoms with van der Waals surface area (Å²) in [6, 6.07) is 33.7. The number of ether oxygens (including phenoxy) is 2. The molecule has 0 aliphatic carbocycles. The molecule has 0 spiro atoms. The van der Waals surface area contributed by atoms with Crippen LogP contribution in [0.1, 0.15) is 71.8 Å². The van der Waals surface area contributed by atoms with Gasteiger partial charge in [-0.15, -0.1) is 0 Å². The Kier molecular flexibility index (Phi) is 8.71. The zero-order valence-corrected chi connectivity index (χ0v) is 23.0. The molecule has 4 rings (SSSR count). The molecule has 0 N–H and O–H groups in total. The van der Waals surface area contributed by atoms with Crippen molar-refractivity contribution in [1.29, 1.82) is 0 Å². The van der Waals surface area contributed by atoms with Crippen molar-refractivity contribution in [3.63, 3.8) is 0 Å². The summed E-state index contributed by atoms with van der Waals surface area (Å²) in [4.78, 5) is 0. The average Bonchev–Trinajstić information content (AvgIpc) is 2.93. The standard InChI is InChI=1S/C35H40O2/c1-6-8-25-35(5,7-2)37-34-16-12-10-14-32(34)31-13-9-11-15-33(31)36-30-23-21-29(22-24-30)28-19-17-27(18-20-28)26(3)4/h9-24,26H,6-8,25H2,1-5H3. The van der Waals surface area contributed by atoms with E-state index in [1.165, 1.54) is 23.1 Å². The van der Waals surface area contributed by atoms with Gasteiger partial charge in [0, 0.05) is 11.1 Å². The number of rotatable bonds is 11. The van der Waals surface area contributed by atoms with Crippen molar-refractivity contribution in [3.05, 3.63) is 103 Å². The van der Waals surface area contributed by atoms with E-state index in [-0.39, 0.29) is 5.60 Å². The maximum Gasteiger partial charge on any atom is 0.135 e. The molecule has 0 aromatic heterocycles. The topological polar surface area (TPSA) is 18.5 Å². The van der Waals surface area contributed by atoms with Crippen LogP contribution < -0.4 is 9.47 Å². The van der Waals surface area contributed by atoms with Gasteiger partial charge in [-0.3, -0.25) is 0 Å². The van der Waals surface area contributed by atoms with Crippen LogP contribution in [-0.4, -0.2) is 5.60 Å². The molecule has 1 unspecified atom stereocenters. The van der Waals surface area contributed by atoms with Crippen molar-refractivity contribution < 1.29 is 9.47 Å². The van der Waals surface area contributed by atoms with Crippen LogP contribution in [0.15, 0.2) is 97.1 Å². The molecule has 0 saturated heterocycles. The minimum absolute atomic E-state index is 0.189. The Hall–Kier alpha value is -3.52. The van der Waals surface area contributed by atoms with E-state index in [9.17, 15) is 0 Å². The van der Waals surface area contributed by atoms with Crippen LogP contribution in [0.2, 0.25) is 0 Å². The monoisotopic (exact) mass is 492 g/mol. The van der Waals surface area contributed by atoms with E-state index in [2.05, 4.69) is 101 Å². The van der Waals surface area contributed by atoms with E-state index in [1.807, 2.05) is 30.3 Å². The highest BCUT2D eigenvalue weighted by Gasteiger charge is 2.25. The normalized spacial score (nSPS) is 12.8. The van der Waals surface area contributed by atoms with Crippen molar-refractivity contribution in [2.45, 2.75) is 71.8 Å². The largest absolute Gasteiger partial charge is 0.487 e. The molecule has 37 heavy (non-hydrogen) atoms. The van der Waals surface area contributed by atoms with Crippen molar-refractivity contribution in [2.24, 2.45) is 0 Å². The van der Waals surface area contributed by atoms with Gasteiger partial charge in [0.05, 0.1) is 0 Å². The molecule has 4 aromatic rings. The van der Waals surface area contributed by atoms with Crippen LogP contribution in [0.4, 0.5) is 0 Å². The lowest BCUT2D eigenvalue weighted by Gasteiger charge is -2.31. The van der Waals surface area contributed by atoms with Gasteiger partial charge in [-0.05, 0) is 73.1 Å². The van der Waals surface area contributed by atoms with E-state index in [0.29, 0.717) is 5.92 Å². The summed E-state index contributed by atoms with van der Waals surface area (Å²) in [6.45, 7) is 11.1. The van der Waals surface area contributed by atoms with Crippen molar-refractivity contribution >= 4 is 0 Å². The predicted molar refractivity (Wildman–Crippen MR) is 157 cm³/mol. The second kappa shape index (κ2) is 12.1. The summed E-state index contributed by atoms with van der Waals surface area (Å²) in [5.74, 6) is 3.07. The second-order valence-corrected chi connectivity index (χ2v) is 10.4. The second-order valence-electron chi connectivity index (χ2n) is 10.4. The molecule has 0 amide bonds. The third-order valence-electron chi connectivity index (χ3n) is 7.22. The van der Waals surface area contributed by atoms with Gasteiger partial charge in [-0.1, -0.05) is 107 Å². The van der Waals surface area contributed by atoms with Gasteiger partial charge in [-0.2, -0.15) is 0 Å². The minimum atomic E-state index is -0.189. The van der Waals surface area contributed by atoms with Crippen LogP contribution in [0, 0.1) is 0 Å². The first-order chi connectivity index (χ1) is 17.9. The number of benzene rings is 4. The van der Waals surface area contributed by atoms with Gasteiger partial charge >= 0.3 is 0 Å². The first-order valence-corrected chi connectivity index (χ1v) is 13.7. The van der Waals surface area contributed by atoms with Gasteiger partial charge in [0.2, 0.25) is 0 Å². The molecule has 1 atom stereocenters. The number of unbranched alkanes of at least 4 members (excludes halogenated alkanes) is 1. The van der Waals surface area contributed by atoms with E-state index < -0.39 is 0 Å². The molecule has 0 saturated carbocycles. The van der Waals surface area contributed by atoms with Crippen LogP contribution >= 0.6 is 0 Å². The van der Waals surface area contributed by atoms with E-state index in [4.69, 9.17) is 9.47 Å². The van der Waals surface area contributed by atoms with Crippen LogP contribution in [0.5, 0.6) is 17.2 Å². The summed E-state index contributed by atoms with van der Waals surface area (Å²) < 4.78 is 13.1. The highest BCUT2D eigenvalue weighted by atomic mass is 16.5. The summed E-state index contributed by atoms with van der Waals surface area (Å²) >= 11 is 0. The SMILES string of the molecule is CCCCC(C)(CC)Oc1ccccc1-c1ccccc1Oc1ccc(-c2ccc(C(C)C)cc2)cc1. The van der Waals surface area contributed by atoms with Crippen molar-refractivity contribution in [2.75, 3.05) is 0 Å². The number of hydrogen-bond donors (Lipinski definition) is 0. The lowest BCUT2D eigenvalue weighted by atomic mass is 9.95. The van der Waals surface area contributed by atoms with Crippen LogP contribution in [-0.2, 0) is 0 Å². The molecule has 2 nitrogen and oxygen atoms in total. The predicted octanol–water partition coefficient (Wildman–Crippen LogP) is 10.7. The Morgan fingerprint density at radius 2 is 1.22 bits per heavy atom. The van der Waals surface area contributed by atoms with Gasteiger partial charge in [0.1, 0.15) is 22.8 Å². The Labute approximate surface area is 223 Å². The lowest BCUT2D eigenvalue weighted by molar-refractivity contribution is 0.0731. The Balaban J connectivity index is 1.58. The van der Waals surface area contributed by atoms with Crippen molar-refractivity contribution in [1.82, 2.24) is 0 Å². The van der Waals surface area contributed by atoms with E-state index in [1.54, 1.807) is 0 Å². The summed E-state index contributed by atoms with van der Waals surface area (Å²) in [7, 11) is 0. The highest BCUT2D eigenvalue weighted by Crippen LogP contribution is 2.40. The molecule has 0 aliphatic rings. The Morgan fingerprint density at radius 1 is 0.676 bits per heavy atom. The zero-order valence-electron chi connectivity index (χ0n) is 23.0. The van der Waals surface area contributed by atoms with Gasteiger partial charge in [-0.25, -0.2) is 0 Å². The van der Waals surface area contributed by atoms with Gasteiger partial charge in [0.15, 0.2) is 0 Å². The third kappa shape index (κ3) is 6.63. The summed E-state index contributed by atoms with van der Waals surface area (Å²) in [5.41, 5.74) is 5.64. The van der Waals surface area contributed by atoms with Crippen LogP contribution in [0.3, 0.4) is 0 Å². The fourth-order valence-corrected chi connectivity index (χ4v) is 4.58. The molecular weight excluding hydrogens is 452 g/mol. The maximum atomic E-state index is 6.68. The number of hydrogen-bond acceptors (Lipinski definition) is 2. The molecule has 0 radical (unpaired) electrons. The average molecular weight is 493 g/mol. The molecule has 2 heteroatoms. The summed E-state index contributed by atoms with van der Waals surface area (Å²) in [6.07, 6.45) is 4.33. The third-order valence-corrected chi connectivity index (χ3v) is 7.22. The molecule has 192 valence electrons. The first-order valence-electron chi connectivity index (χ1n) is 13.7. The molecule has 0 fully saturated rings. The number of para-hydroxylation sites is 2.